The zero-order valence-electron chi connectivity index (χ0n) is 14.3. The maximum Gasteiger partial charge on any atom is 0.416 e. The van der Waals surface area contributed by atoms with Crippen LogP contribution in [0.2, 0.25) is 0 Å². The smallest absolute Gasteiger partial charge is 0.352 e. The molecule has 1 N–H and O–H groups in total. The quantitative estimate of drug-likeness (QED) is 0.797. The van der Waals surface area contributed by atoms with Gasteiger partial charge in [-0.2, -0.15) is 13.2 Å². The number of carbonyl (C=O) groups excluding carboxylic acids is 2. The standard InChI is InChI=1S/C20H17F4NO2/c21-16-7-14(6-15(8-16)20(22,23)24)12-25-18(27)19(10-17(26)11-19)9-13-4-2-1-3-5-13/h1-8H,9-12H2,(H,25,27). The van der Waals surface area contributed by atoms with E-state index in [0.717, 1.165) is 17.7 Å². The molecule has 1 fully saturated rings. The molecule has 0 atom stereocenters. The van der Waals surface area contributed by atoms with Crippen molar-refractivity contribution in [1.29, 1.82) is 0 Å². The number of Topliss-reactive ketones (excluding diaryl/α,β-unsaturated/α-hetero) is 1. The van der Waals surface area contributed by atoms with E-state index in [-0.39, 0.29) is 30.7 Å². The Kier molecular flexibility index (Phi) is 5.04. The van der Waals surface area contributed by atoms with E-state index in [9.17, 15) is 27.2 Å². The molecule has 0 aliphatic heterocycles. The third kappa shape index (κ3) is 4.35. The van der Waals surface area contributed by atoms with Crippen molar-refractivity contribution < 1.29 is 27.2 Å². The average molecular weight is 379 g/mol. The van der Waals surface area contributed by atoms with Crippen molar-refractivity contribution in [3.8, 4) is 0 Å². The highest BCUT2D eigenvalue weighted by Gasteiger charge is 2.49. The van der Waals surface area contributed by atoms with E-state index < -0.39 is 28.9 Å². The molecule has 0 spiro atoms. The lowest BCUT2D eigenvalue weighted by Crippen LogP contribution is -2.51. The molecule has 1 aliphatic rings. The summed E-state index contributed by atoms with van der Waals surface area (Å²) in [6.07, 6.45) is -4.13. The number of amides is 1. The van der Waals surface area contributed by atoms with Crippen molar-refractivity contribution >= 4 is 11.7 Å². The summed E-state index contributed by atoms with van der Waals surface area (Å²) in [6, 6.07) is 11.3. The van der Waals surface area contributed by atoms with Gasteiger partial charge in [-0.25, -0.2) is 4.39 Å². The predicted octanol–water partition coefficient (Wildman–Crippen LogP) is 4.05. The summed E-state index contributed by atoms with van der Waals surface area (Å²) < 4.78 is 51.9. The molecule has 1 amide bonds. The van der Waals surface area contributed by atoms with Gasteiger partial charge in [0.25, 0.3) is 0 Å². The van der Waals surface area contributed by atoms with Crippen LogP contribution < -0.4 is 5.32 Å². The molecule has 0 radical (unpaired) electrons. The topological polar surface area (TPSA) is 46.2 Å². The first kappa shape index (κ1) is 19.1. The minimum absolute atomic E-state index is 0.0104. The number of carbonyl (C=O) groups is 2. The largest absolute Gasteiger partial charge is 0.416 e. The Bertz CT molecular complexity index is 854. The molecule has 0 bridgehead atoms. The number of rotatable bonds is 5. The van der Waals surface area contributed by atoms with Crippen molar-refractivity contribution in [3.63, 3.8) is 0 Å². The maximum absolute atomic E-state index is 13.5. The summed E-state index contributed by atoms with van der Waals surface area (Å²) in [4.78, 5) is 24.2. The zero-order chi connectivity index (χ0) is 19.7. The van der Waals surface area contributed by atoms with Gasteiger partial charge in [0, 0.05) is 19.4 Å². The fourth-order valence-corrected chi connectivity index (χ4v) is 3.34. The molecule has 0 aromatic heterocycles. The van der Waals surface area contributed by atoms with Crippen molar-refractivity contribution in [2.75, 3.05) is 0 Å². The van der Waals surface area contributed by atoms with E-state index in [1.165, 1.54) is 0 Å². The molecule has 1 aliphatic carbocycles. The van der Waals surface area contributed by atoms with Crippen LogP contribution in [0.15, 0.2) is 48.5 Å². The van der Waals surface area contributed by atoms with Gasteiger partial charge >= 0.3 is 6.18 Å². The highest BCUT2D eigenvalue weighted by molar-refractivity contribution is 5.99. The van der Waals surface area contributed by atoms with Gasteiger partial charge in [0.2, 0.25) is 5.91 Å². The number of ketones is 1. The van der Waals surface area contributed by atoms with Crippen LogP contribution in [0, 0.1) is 11.2 Å². The number of hydrogen-bond donors (Lipinski definition) is 1. The Morgan fingerprint density at radius 2 is 1.70 bits per heavy atom. The highest BCUT2D eigenvalue weighted by atomic mass is 19.4. The first-order valence-electron chi connectivity index (χ1n) is 8.39. The van der Waals surface area contributed by atoms with Gasteiger partial charge in [-0.15, -0.1) is 0 Å². The highest BCUT2D eigenvalue weighted by Crippen LogP contribution is 2.41. The van der Waals surface area contributed by atoms with Crippen LogP contribution >= 0.6 is 0 Å². The van der Waals surface area contributed by atoms with Gasteiger partial charge in [-0.3, -0.25) is 9.59 Å². The SMILES string of the molecule is O=C1CC(Cc2ccccc2)(C(=O)NCc2cc(F)cc(C(F)(F)F)c2)C1. The van der Waals surface area contributed by atoms with Gasteiger partial charge in [0.05, 0.1) is 11.0 Å². The first-order valence-corrected chi connectivity index (χ1v) is 8.39. The van der Waals surface area contributed by atoms with Crippen LogP contribution in [0.4, 0.5) is 17.6 Å². The molecular formula is C20H17F4NO2. The summed E-state index contributed by atoms with van der Waals surface area (Å²) in [7, 11) is 0. The molecular weight excluding hydrogens is 362 g/mol. The first-order chi connectivity index (χ1) is 12.7. The molecule has 27 heavy (non-hydrogen) atoms. The number of hydrogen-bond acceptors (Lipinski definition) is 2. The van der Waals surface area contributed by atoms with Crippen LogP contribution in [0.5, 0.6) is 0 Å². The van der Waals surface area contributed by atoms with E-state index in [1.54, 1.807) is 0 Å². The Morgan fingerprint density at radius 3 is 2.30 bits per heavy atom. The zero-order valence-corrected chi connectivity index (χ0v) is 14.3. The second kappa shape index (κ2) is 7.13. The fourth-order valence-electron chi connectivity index (χ4n) is 3.34. The molecule has 0 heterocycles. The van der Waals surface area contributed by atoms with Gasteiger partial charge in [0.15, 0.2) is 0 Å². The van der Waals surface area contributed by atoms with Crippen molar-refractivity contribution in [3.05, 3.63) is 71.0 Å². The molecule has 0 unspecified atom stereocenters. The molecule has 2 aromatic carbocycles. The summed E-state index contributed by atoms with van der Waals surface area (Å²) >= 11 is 0. The van der Waals surface area contributed by atoms with Crippen LogP contribution in [0.3, 0.4) is 0 Å². The number of nitrogens with one attached hydrogen (secondary N) is 1. The van der Waals surface area contributed by atoms with E-state index in [1.807, 2.05) is 30.3 Å². The second-order valence-corrected chi connectivity index (χ2v) is 6.86. The lowest BCUT2D eigenvalue weighted by molar-refractivity contribution is -0.147. The van der Waals surface area contributed by atoms with E-state index in [4.69, 9.17) is 0 Å². The molecule has 3 rings (SSSR count). The van der Waals surface area contributed by atoms with Gasteiger partial charge < -0.3 is 5.32 Å². The average Bonchev–Trinajstić information content (AvgIpc) is 2.57. The Labute approximate surface area is 153 Å². The summed E-state index contributed by atoms with van der Waals surface area (Å²) in [5.74, 6) is -1.47. The van der Waals surface area contributed by atoms with Crippen LogP contribution in [0.25, 0.3) is 0 Å². The van der Waals surface area contributed by atoms with Crippen LogP contribution in [-0.4, -0.2) is 11.7 Å². The van der Waals surface area contributed by atoms with E-state index in [0.29, 0.717) is 12.5 Å². The van der Waals surface area contributed by atoms with Crippen molar-refractivity contribution in [2.45, 2.75) is 32.0 Å². The van der Waals surface area contributed by atoms with Gasteiger partial charge in [-0.05, 0) is 35.7 Å². The minimum Gasteiger partial charge on any atom is -0.352 e. The summed E-state index contributed by atoms with van der Waals surface area (Å²) in [5, 5.41) is 2.56. The van der Waals surface area contributed by atoms with Gasteiger partial charge in [0.1, 0.15) is 11.6 Å². The van der Waals surface area contributed by atoms with Crippen LogP contribution in [-0.2, 0) is 28.7 Å². The minimum atomic E-state index is -4.67. The monoisotopic (exact) mass is 379 g/mol. The number of alkyl halides is 3. The number of benzene rings is 2. The lowest BCUT2D eigenvalue weighted by atomic mass is 9.64. The Hall–Kier alpha value is -2.70. The van der Waals surface area contributed by atoms with Crippen molar-refractivity contribution in [2.24, 2.45) is 5.41 Å². The predicted molar refractivity (Wildman–Crippen MR) is 90.1 cm³/mol. The third-order valence-electron chi connectivity index (χ3n) is 4.68. The molecule has 7 heteroatoms. The van der Waals surface area contributed by atoms with Crippen molar-refractivity contribution in [1.82, 2.24) is 5.32 Å². The van der Waals surface area contributed by atoms with E-state index in [2.05, 4.69) is 5.32 Å². The second-order valence-electron chi connectivity index (χ2n) is 6.86. The summed E-state index contributed by atoms with van der Waals surface area (Å²) in [6.45, 7) is -0.246. The number of halogens is 4. The molecule has 0 saturated heterocycles. The molecule has 2 aromatic rings. The summed E-state index contributed by atoms with van der Waals surface area (Å²) in [5.41, 5.74) is -1.11. The van der Waals surface area contributed by atoms with Gasteiger partial charge in [-0.1, -0.05) is 30.3 Å². The van der Waals surface area contributed by atoms with E-state index >= 15 is 0 Å². The maximum atomic E-state index is 13.5. The third-order valence-corrected chi connectivity index (χ3v) is 4.68. The van der Waals surface area contributed by atoms with Crippen LogP contribution in [0.1, 0.15) is 29.5 Å². The normalized spacial score (nSPS) is 15.9. The lowest BCUT2D eigenvalue weighted by Gasteiger charge is -2.39. The molecule has 142 valence electrons. The Balaban J connectivity index is 1.72. The fraction of sp³-hybridized carbons (Fsp3) is 0.300. The molecule has 3 nitrogen and oxygen atoms in total. The Morgan fingerprint density at radius 1 is 1.04 bits per heavy atom. The molecule has 1 saturated carbocycles.